The van der Waals surface area contributed by atoms with Crippen LogP contribution in [0.1, 0.15) is 5.56 Å². The van der Waals surface area contributed by atoms with E-state index in [-0.39, 0.29) is 0 Å². The molecule has 18 heavy (non-hydrogen) atoms. The number of hydrogen-bond acceptors (Lipinski definition) is 1. The van der Waals surface area contributed by atoms with Gasteiger partial charge in [0.2, 0.25) is 0 Å². The van der Waals surface area contributed by atoms with Crippen LogP contribution in [-0.4, -0.2) is 9.78 Å². The summed E-state index contributed by atoms with van der Waals surface area (Å²) in [6, 6.07) is 14.2. The molecule has 0 aliphatic carbocycles. The van der Waals surface area contributed by atoms with Crippen molar-refractivity contribution in [1.82, 2.24) is 9.78 Å². The average Bonchev–Trinajstić information content (AvgIpc) is 2.82. The van der Waals surface area contributed by atoms with Gasteiger partial charge in [0.25, 0.3) is 0 Å². The number of para-hydroxylation sites is 1. The zero-order chi connectivity index (χ0) is 12.5. The van der Waals surface area contributed by atoms with Crippen LogP contribution in [0.5, 0.6) is 0 Å². The Balaban J connectivity index is 2.17. The molecule has 90 valence electrons. The Morgan fingerprint density at radius 2 is 2.00 bits per heavy atom. The molecule has 2 aromatic carbocycles. The summed E-state index contributed by atoms with van der Waals surface area (Å²) >= 11 is 9.38. The molecule has 0 fully saturated rings. The van der Waals surface area contributed by atoms with Crippen LogP contribution in [0, 0.1) is 0 Å². The van der Waals surface area contributed by atoms with Crippen LogP contribution < -0.4 is 0 Å². The third-order valence-electron chi connectivity index (χ3n) is 2.90. The van der Waals surface area contributed by atoms with Crippen LogP contribution >= 0.6 is 27.5 Å². The zero-order valence-corrected chi connectivity index (χ0v) is 11.8. The van der Waals surface area contributed by atoms with E-state index in [9.17, 15) is 0 Å². The number of aromatic nitrogens is 2. The highest BCUT2D eigenvalue weighted by Crippen LogP contribution is 2.24. The van der Waals surface area contributed by atoms with Crippen LogP contribution in [-0.2, 0) is 5.88 Å². The second-order valence-corrected chi connectivity index (χ2v) is 5.15. The van der Waals surface area contributed by atoms with E-state index >= 15 is 0 Å². The Labute approximate surface area is 118 Å². The van der Waals surface area contributed by atoms with Crippen LogP contribution in [0.2, 0.25) is 0 Å². The number of hydrogen-bond donors (Lipinski definition) is 0. The summed E-state index contributed by atoms with van der Waals surface area (Å²) in [6.07, 6.45) is 1.87. The predicted octanol–water partition coefficient (Wildman–Crippen LogP) is 4.53. The van der Waals surface area contributed by atoms with E-state index < -0.39 is 0 Å². The first kappa shape index (κ1) is 11.8. The third kappa shape index (κ3) is 1.93. The molecule has 0 bridgehead atoms. The molecular weight excluding hydrogens is 312 g/mol. The third-order valence-corrected chi connectivity index (χ3v) is 3.93. The smallest absolute Gasteiger partial charge is 0.0741 e. The molecule has 0 radical (unpaired) electrons. The van der Waals surface area contributed by atoms with Gasteiger partial charge in [-0.05, 0) is 23.8 Å². The topological polar surface area (TPSA) is 17.8 Å². The van der Waals surface area contributed by atoms with Crippen LogP contribution in [0.3, 0.4) is 0 Å². The largest absolute Gasteiger partial charge is 0.233 e. The van der Waals surface area contributed by atoms with Crippen molar-refractivity contribution in [3.05, 3.63) is 58.7 Å². The van der Waals surface area contributed by atoms with E-state index in [2.05, 4.69) is 33.2 Å². The minimum Gasteiger partial charge on any atom is -0.233 e. The van der Waals surface area contributed by atoms with E-state index in [4.69, 9.17) is 11.6 Å². The SMILES string of the molecule is ClCc1ccc(-n2ncc3ccccc32)cc1Br. The van der Waals surface area contributed by atoms with E-state index in [1.165, 1.54) is 0 Å². The Hall–Kier alpha value is -1.32. The van der Waals surface area contributed by atoms with Gasteiger partial charge in [-0.3, -0.25) is 0 Å². The fourth-order valence-corrected chi connectivity index (χ4v) is 2.86. The molecule has 0 saturated heterocycles. The van der Waals surface area contributed by atoms with Crippen molar-refractivity contribution in [2.75, 3.05) is 0 Å². The van der Waals surface area contributed by atoms with Gasteiger partial charge in [0.1, 0.15) is 0 Å². The monoisotopic (exact) mass is 320 g/mol. The normalized spacial score (nSPS) is 11.0. The van der Waals surface area contributed by atoms with Crippen molar-refractivity contribution in [3.8, 4) is 5.69 Å². The molecule has 0 spiro atoms. The minimum absolute atomic E-state index is 0.501. The summed E-state index contributed by atoms with van der Waals surface area (Å²) in [4.78, 5) is 0. The lowest BCUT2D eigenvalue weighted by molar-refractivity contribution is 0.909. The van der Waals surface area contributed by atoms with Gasteiger partial charge in [-0.15, -0.1) is 11.6 Å². The van der Waals surface area contributed by atoms with Crippen molar-refractivity contribution in [2.24, 2.45) is 0 Å². The summed E-state index contributed by atoms with van der Waals surface area (Å²) < 4.78 is 2.94. The van der Waals surface area contributed by atoms with Crippen molar-refractivity contribution in [3.63, 3.8) is 0 Å². The highest BCUT2D eigenvalue weighted by atomic mass is 79.9. The Morgan fingerprint density at radius 3 is 2.78 bits per heavy atom. The molecule has 4 heteroatoms. The molecule has 1 aromatic heterocycles. The number of halogens is 2. The summed E-state index contributed by atoms with van der Waals surface area (Å²) in [7, 11) is 0. The van der Waals surface area contributed by atoms with Gasteiger partial charge >= 0.3 is 0 Å². The highest BCUT2D eigenvalue weighted by molar-refractivity contribution is 9.10. The van der Waals surface area contributed by atoms with Gasteiger partial charge in [0.05, 0.1) is 17.4 Å². The van der Waals surface area contributed by atoms with Gasteiger partial charge < -0.3 is 0 Å². The molecular formula is C14H10BrClN2. The first-order valence-corrected chi connectivity index (χ1v) is 6.90. The lowest BCUT2D eigenvalue weighted by atomic mass is 10.2. The molecule has 0 saturated carbocycles. The second kappa shape index (κ2) is 4.75. The fourth-order valence-electron chi connectivity index (χ4n) is 1.95. The summed E-state index contributed by atoms with van der Waals surface area (Å²) in [5.74, 6) is 0.501. The number of rotatable bonds is 2. The molecule has 3 rings (SSSR count). The van der Waals surface area contributed by atoms with Gasteiger partial charge in [0, 0.05) is 15.7 Å². The molecule has 0 aliphatic rings. The van der Waals surface area contributed by atoms with E-state index in [0.29, 0.717) is 5.88 Å². The summed E-state index contributed by atoms with van der Waals surface area (Å²) in [6.45, 7) is 0. The Bertz CT molecular complexity index is 706. The molecule has 0 amide bonds. The molecule has 1 heterocycles. The maximum absolute atomic E-state index is 5.85. The van der Waals surface area contributed by atoms with Gasteiger partial charge in [-0.2, -0.15) is 5.10 Å². The zero-order valence-electron chi connectivity index (χ0n) is 9.48. The molecule has 2 nitrogen and oxygen atoms in total. The maximum Gasteiger partial charge on any atom is 0.0741 e. The number of benzene rings is 2. The van der Waals surface area contributed by atoms with E-state index in [0.717, 1.165) is 26.6 Å². The van der Waals surface area contributed by atoms with Gasteiger partial charge in [-0.25, -0.2) is 4.68 Å². The molecule has 3 aromatic rings. The average molecular weight is 322 g/mol. The van der Waals surface area contributed by atoms with Crippen LogP contribution in [0.4, 0.5) is 0 Å². The van der Waals surface area contributed by atoms with Crippen LogP contribution in [0.15, 0.2) is 53.1 Å². The Morgan fingerprint density at radius 1 is 1.17 bits per heavy atom. The summed E-state index contributed by atoms with van der Waals surface area (Å²) in [5, 5.41) is 5.56. The first-order valence-electron chi connectivity index (χ1n) is 5.57. The van der Waals surface area contributed by atoms with Crippen molar-refractivity contribution < 1.29 is 0 Å². The lowest BCUT2D eigenvalue weighted by Gasteiger charge is -2.06. The number of nitrogens with zero attached hydrogens (tertiary/aromatic N) is 2. The maximum atomic E-state index is 5.85. The fraction of sp³-hybridized carbons (Fsp3) is 0.0714. The van der Waals surface area contributed by atoms with E-state index in [1.54, 1.807) is 0 Å². The van der Waals surface area contributed by atoms with Gasteiger partial charge in [0.15, 0.2) is 0 Å². The Kier molecular flexibility index (Phi) is 3.10. The predicted molar refractivity (Wildman–Crippen MR) is 78.3 cm³/mol. The first-order chi connectivity index (χ1) is 8.79. The van der Waals surface area contributed by atoms with Crippen molar-refractivity contribution in [2.45, 2.75) is 5.88 Å². The standard InChI is InChI=1S/C14H10BrClN2/c15-13-7-12(6-5-10(13)8-16)18-14-4-2-1-3-11(14)9-17-18/h1-7,9H,8H2. The van der Waals surface area contributed by atoms with Gasteiger partial charge in [-0.1, -0.05) is 40.2 Å². The highest BCUT2D eigenvalue weighted by Gasteiger charge is 2.06. The van der Waals surface area contributed by atoms with Crippen LogP contribution in [0.25, 0.3) is 16.6 Å². The van der Waals surface area contributed by atoms with E-state index in [1.807, 2.05) is 41.2 Å². The molecule has 0 atom stereocenters. The summed E-state index contributed by atoms with van der Waals surface area (Å²) in [5.41, 5.74) is 3.21. The number of fused-ring (bicyclic) bond motifs is 1. The van der Waals surface area contributed by atoms with Crippen molar-refractivity contribution >= 4 is 38.4 Å². The number of alkyl halides is 1. The lowest BCUT2D eigenvalue weighted by Crippen LogP contribution is -1.96. The molecule has 0 unspecified atom stereocenters. The van der Waals surface area contributed by atoms with Crippen molar-refractivity contribution in [1.29, 1.82) is 0 Å². The quantitative estimate of drug-likeness (QED) is 0.634. The second-order valence-electron chi connectivity index (χ2n) is 4.02. The molecule has 0 aliphatic heterocycles. The minimum atomic E-state index is 0.501. The molecule has 0 N–H and O–H groups in total.